The molecule has 2 aromatic carbocycles. The number of hydrogen-bond donors (Lipinski definition) is 0. The first kappa shape index (κ1) is 22.9. The van der Waals surface area contributed by atoms with Gasteiger partial charge < -0.3 is 9.08 Å². The summed E-state index contributed by atoms with van der Waals surface area (Å²) in [6.45, 7) is 6.51. The molecule has 2 rings (SSSR count). The van der Waals surface area contributed by atoms with Crippen LogP contribution in [0.5, 0.6) is 5.75 Å². The molecule has 29 heavy (non-hydrogen) atoms. The Morgan fingerprint density at radius 1 is 1.03 bits per heavy atom. The molecular formula is C22H28FNO4S. The Labute approximate surface area is 172 Å². The molecule has 0 spiro atoms. The van der Waals surface area contributed by atoms with Crippen molar-refractivity contribution in [1.82, 2.24) is 4.90 Å². The van der Waals surface area contributed by atoms with Crippen LogP contribution in [0.15, 0.2) is 53.4 Å². The quantitative estimate of drug-likeness (QED) is 0.404. The van der Waals surface area contributed by atoms with Gasteiger partial charge in [-0.05, 0) is 62.2 Å². The van der Waals surface area contributed by atoms with Gasteiger partial charge in [-0.1, -0.05) is 31.9 Å². The van der Waals surface area contributed by atoms with Crippen molar-refractivity contribution < 1.29 is 21.8 Å². The second-order valence-corrected chi connectivity index (χ2v) is 8.75. The fourth-order valence-corrected chi connectivity index (χ4v) is 3.78. The number of halogens is 1. The third-order valence-electron chi connectivity index (χ3n) is 4.52. The van der Waals surface area contributed by atoms with E-state index in [0.717, 1.165) is 49.1 Å². The number of amides is 1. The maximum Gasteiger partial charge on any atom is 0.339 e. The molecule has 7 heteroatoms. The minimum Gasteiger partial charge on any atom is -0.379 e. The minimum atomic E-state index is -4.04. The number of benzene rings is 2. The third kappa shape index (κ3) is 6.85. The monoisotopic (exact) mass is 421 g/mol. The van der Waals surface area contributed by atoms with Gasteiger partial charge in [0.05, 0.1) is 0 Å². The molecule has 158 valence electrons. The van der Waals surface area contributed by atoms with Crippen LogP contribution < -0.4 is 4.18 Å². The van der Waals surface area contributed by atoms with Crippen LogP contribution in [0.3, 0.4) is 0 Å². The van der Waals surface area contributed by atoms with Crippen LogP contribution >= 0.6 is 0 Å². The molecule has 5 nitrogen and oxygen atoms in total. The summed E-state index contributed by atoms with van der Waals surface area (Å²) in [6.07, 6.45) is 3.51. The lowest BCUT2D eigenvalue weighted by molar-refractivity contribution is -0.133. The molecule has 0 radical (unpaired) electrons. The Balaban J connectivity index is 2.04. The third-order valence-corrected chi connectivity index (χ3v) is 5.78. The van der Waals surface area contributed by atoms with Crippen LogP contribution in [0, 0.1) is 5.82 Å². The molecule has 0 atom stereocenters. The lowest BCUT2D eigenvalue weighted by atomic mass is 10.1. The fourth-order valence-electron chi connectivity index (χ4n) is 2.85. The van der Waals surface area contributed by atoms with Crippen molar-refractivity contribution in [2.75, 3.05) is 0 Å². The van der Waals surface area contributed by atoms with Crippen molar-refractivity contribution in [3.05, 3.63) is 59.9 Å². The number of hydrogen-bond acceptors (Lipinski definition) is 4. The van der Waals surface area contributed by atoms with Crippen LogP contribution in [0.25, 0.3) is 0 Å². The topological polar surface area (TPSA) is 63.7 Å². The van der Waals surface area contributed by atoms with Gasteiger partial charge in [-0.2, -0.15) is 8.42 Å². The zero-order valence-electron chi connectivity index (χ0n) is 17.1. The van der Waals surface area contributed by atoms with Crippen molar-refractivity contribution >= 4 is 16.0 Å². The van der Waals surface area contributed by atoms with Gasteiger partial charge >= 0.3 is 10.1 Å². The van der Waals surface area contributed by atoms with E-state index in [9.17, 15) is 17.6 Å². The van der Waals surface area contributed by atoms with Crippen LogP contribution in [-0.2, 0) is 21.5 Å². The van der Waals surface area contributed by atoms with E-state index in [0.29, 0.717) is 13.0 Å². The fraction of sp³-hybridized carbons (Fsp3) is 0.409. The van der Waals surface area contributed by atoms with E-state index in [-0.39, 0.29) is 22.6 Å². The molecule has 0 N–H and O–H groups in total. The standard InChI is InChI=1S/C22H28FNO4S/c1-4-5-6-7-22(25)24(17(2)3)16-18-8-12-20(13-9-18)28-29(26,27)21-14-10-19(23)11-15-21/h8-15,17H,4-7,16H2,1-3H3. The zero-order chi connectivity index (χ0) is 21.4. The summed E-state index contributed by atoms with van der Waals surface area (Å²) in [5.74, 6) is -0.247. The molecule has 0 aliphatic carbocycles. The Morgan fingerprint density at radius 2 is 1.66 bits per heavy atom. The molecular weight excluding hydrogens is 393 g/mol. The molecule has 0 bridgehead atoms. The van der Waals surface area contributed by atoms with Gasteiger partial charge in [-0.25, -0.2) is 4.39 Å². The smallest absolute Gasteiger partial charge is 0.339 e. The summed E-state index contributed by atoms with van der Waals surface area (Å²) >= 11 is 0. The molecule has 0 fully saturated rings. The molecule has 0 unspecified atom stereocenters. The molecule has 1 amide bonds. The molecule has 0 saturated carbocycles. The normalized spacial score (nSPS) is 11.5. The highest BCUT2D eigenvalue weighted by Crippen LogP contribution is 2.21. The lowest BCUT2D eigenvalue weighted by Gasteiger charge is -2.27. The molecule has 0 heterocycles. The van der Waals surface area contributed by atoms with E-state index < -0.39 is 15.9 Å². The van der Waals surface area contributed by atoms with E-state index >= 15 is 0 Å². The highest BCUT2D eigenvalue weighted by atomic mass is 32.2. The maximum atomic E-state index is 13.0. The predicted octanol–water partition coefficient (Wildman–Crippen LogP) is 4.91. The van der Waals surface area contributed by atoms with E-state index in [1.807, 2.05) is 18.7 Å². The Bertz CT molecular complexity index is 893. The van der Waals surface area contributed by atoms with Crippen molar-refractivity contribution in [3.8, 4) is 5.75 Å². The highest BCUT2D eigenvalue weighted by molar-refractivity contribution is 7.87. The highest BCUT2D eigenvalue weighted by Gasteiger charge is 2.18. The molecule has 0 aromatic heterocycles. The van der Waals surface area contributed by atoms with E-state index in [1.54, 1.807) is 24.3 Å². The average molecular weight is 422 g/mol. The Hall–Kier alpha value is -2.41. The zero-order valence-corrected chi connectivity index (χ0v) is 17.9. The summed E-state index contributed by atoms with van der Waals surface area (Å²) < 4.78 is 42.7. The number of carbonyl (C=O) groups excluding carboxylic acids is 1. The van der Waals surface area contributed by atoms with Crippen LogP contribution in [0.1, 0.15) is 52.0 Å². The summed E-state index contributed by atoms with van der Waals surface area (Å²) in [4.78, 5) is 14.2. The van der Waals surface area contributed by atoms with Gasteiger partial charge in [0.1, 0.15) is 16.5 Å². The van der Waals surface area contributed by atoms with E-state index in [1.165, 1.54) is 0 Å². The van der Waals surface area contributed by atoms with E-state index in [4.69, 9.17) is 4.18 Å². The number of rotatable bonds is 10. The van der Waals surface area contributed by atoms with Gasteiger partial charge in [0.15, 0.2) is 0 Å². The van der Waals surface area contributed by atoms with Gasteiger partial charge in [-0.3, -0.25) is 4.79 Å². The van der Waals surface area contributed by atoms with E-state index in [2.05, 4.69) is 6.92 Å². The van der Waals surface area contributed by atoms with Gasteiger partial charge in [0, 0.05) is 19.0 Å². The summed E-state index contributed by atoms with van der Waals surface area (Å²) in [5.41, 5.74) is 0.883. The average Bonchev–Trinajstić information content (AvgIpc) is 2.67. The first-order chi connectivity index (χ1) is 13.7. The molecule has 2 aromatic rings. The number of unbranched alkanes of at least 4 members (excludes halogenated alkanes) is 2. The molecule has 0 saturated heterocycles. The Morgan fingerprint density at radius 3 is 2.21 bits per heavy atom. The summed E-state index contributed by atoms with van der Waals surface area (Å²) in [5, 5.41) is 0. The summed E-state index contributed by atoms with van der Waals surface area (Å²) in [6, 6.07) is 11.1. The largest absolute Gasteiger partial charge is 0.379 e. The van der Waals surface area contributed by atoms with Gasteiger partial charge in [-0.15, -0.1) is 0 Å². The number of nitrogens with zero attached hydrogens (tertiary/aromatic N) is 1. The predicted molar refractivity (Wildman–Crippen MR) is 110 cm³/mol. The molecule has 0 aliphatic rings. The van der Waals surface area contributed by atoms with Gasteiger partial charge in [0.2, 0.25) is 5.91 Å². The minimum absolute atomic E-state index is 0.0684. The van der Waals surface area contributed by atoms with Crippen molar-refractivity contribution in [2.45, 2.75) is 63.9 Å². The van der Waals surface area contributed by atoms with Crippen LogP contribution in [-0.4, -0.2) is 25.3 Å². The first-order valence-electron chi connectivity index (χ1n) is 9.81. The van der Waals surface area contributed by atoms with Crippen LogP contribution in [0.4, 0.5) is 4.39 Å². The second kappa shape index (κ2) is 10.4. The van der Waals surface area contributed by atoms with Gasteiger partial charge in [0.25, 0.3) is 0 Å². The lowest BCUT2D eigenvalue weighted by Crippen LogP contribution is -2.36. The van der Waals surface area contributed by atoms with Crippen LogP contribution in [0.2, 0.25) is 0 Å². The second-order valence-electron chi connectivity index (χ2n) is 7.21. The SMILES string of the molecule is CCCCCC(=O)N(Cc1ccc(OS(=O)(=O)c2ccc(F)cc2)cc1)C(C)C. The summed E-state index contributed by atoms with van der Waals surface area (Å²) in [7, 11) is -4.04. The van der Waals surface area contributed by atoms with Crippen molar-refractivity contribution in [3.63, 3.8) is 0 Å². The number of carbonyl (C=O) groups is 1. The first-order valence-corrected chi connectivity index (χ1v) is 11.2. The molecule has 0 aliphatic heterocycles. The van der Waals surface area contributed by atoms with Crippen molar-refractivity contribution in [2.24, 2.45) is 0 Å². The van der Waals surface area contributed by atoms with Crippen molar-refractivity contribution in [1.29, 1.82) is 0 Å². The Kier molecular flexibility index (Phi) is 8.20. The maximum absolute atomic E-state index is 13.0.